The second-order valence-electron chi connectivity index (χ2n) is 13.3. The van der Waals surface area contributed by atoms with E-state index in [0.717, 1.165) is 16.0 Å². The molecule has 0 unspecified atom stereocenters. The van der Waals surface area contributed by atoms with Crippen LogP contribution in [0.4, 0.5) is 10.5 Å². The number of carbonyl (C=O) groups is 4. The van der Waals surface area contributed by atoms with E-state index < -0.39 is 18.0 Å². The molecular formula is C41H40N4O6S. The Hall–Kier alpha value is -6.07. The van der Waals surface area contributed by atoms with Gasteiger partial charge in [0.05, 0.1) is 5.56 Å². The van der Waals surface area contributed by atoms with Gasteiger partial charge in [0.15, 0.2) is 0 Å². The first-order valence-electron chi connectivity index (χ1n) is 16.6. The molecule has 4 N–H and O–H groups in total. The maximum Gasteiger partial charge on any atom is 0.413 e. The van der Waals surface area contributed by atoms with Crippen LogP contribution in [0.3, 0.4) is 0 Å². The second kappa shape index (κ2) is 16.8. The van der Waals surface area contributed by atoms with Gasteiger partial charge in [0.1, 0.15) is 23.9 Å². The van der Waals surface area contributed by atoms with Crippen LogP contribution in [0.2, 0.25) is 0 Å². The van der Waals surface area contributed by atoms with Crippen LogP contribution in [-0.2, 0) is 22.7 Å². The standard InChI is InChI=1S/C41H40N4O6S/c1-26-21-33(32-20-17-30(37(46)43-25-41(2,3)4)22-34(32)39(48)50-23-27-11-7-5-8-12-27)35(52-26)38(47)44-31-18-15-29(16-19-31)36(42)45-40(49)51-24-28-13-9-6-10-14-28/h5-22H,23-25H2,1-4H3,(H,43,46)(H,44,47)(H2,42,45,49). The molecule has 52 heavy (non-hydrogen) atoms. The highest BCUT2D eigenvalue weighted by atomic mass is 32.1. The quantitative estimate of drug-likeness (QED) is 0.0614. The molecule has 0 saturated heterocycles. The van der Waals surface area contributed by atoms with Gasteiger partial charge in [-0.3, -0.25) is 20.3 Å². The van der Waals surface area contributed by atoms with E-state index in [0.29, 0.717) is 39.4 Å². The summed E-state index contributed by atoms with van der Waals surface area (Å²) in [6.45, 7) is 8.45. The van der Waals surface area contributed by atoms with Crippen LogP contribution in [0.5, 0.6) is 0 Å². The van der Waals surface area contributed by atoms with E-state index in [1.165, 1.54) is 17.4 Å². The van der Waals surface area contributed by atoms with E-state index in [1.807, 2.05) is 94.4 Å². The highest BCUT2D eigenvalue weighted by molar-refractivity contribution is 7.14. The van der Waals surface area contributed by atoms with E-state index in [4.69, 9.17) is 14.9 Å². The summed E-state index contributed by atoms with van der Waals surface area (Å²) in [5, 5.41) is 16.5. The third-order valence-corrected chi connectivity index (χ3v) is 8.77. The molecule has 0 spiro atoms. The van der Waals surface area contributed by atoms with Crippen LogP contribution in [-0.4, -0.2) is 36.3 Å². The SMILES string of the molecule is Cc1cc(-c2ccc(C(=O)NCC(C)(C)C)cc2C(=O)OCc2ccccc2)c(C(=O)Nc2ccc(C(=N)NC(=O)OCc3ccccc3)cc2)s1. The average molecular weight is 717 g/mol. The van der Waals surface area contributed by atoms with Gasteiger partial charge in [-0.25, -0.2) is 9.59 Å². The summed E-state index contributed by atoms with van der Waals surface area (Å²) in [6.07, 6.45) is -0.756. The van der Waals surface area contributed by atoms with Gasteiger partial charge >= 0.3 is 12.1 Å². The van der Waals surface area contributed by atoms with Gasteiger partial charge in [0.25, 0.3) is 11.8 Å². The summed E-state index contributed by atoms with van der Waals surface area (Å²) in [7, 11) is 0. The molecule has 266 valence electrons. The zero-order valence-corrected chi connectivity index (χ0v) is 30.2. The number of hydrogen-bond donors (Lipinski definition) is 4. The lowest BCUT2D eigenvalue weighted by atomic mass is 9.95. The number of amides is 3. The zero-order chi connectivity index (χ0) is 37.3. The average Bonchev–Trinajstić information content (AvgIpc) is 3.54. The van der Waals surface area contributed by atoms with Crippen molar-refractivity contribution in [3.05, 3.63) is 147 Å². The van der Waals surface area contributed by atoms with Crippen LogP contribution < -0.4 is 16.0 Å². The number of alkyl carbamates (subject to hydrolysis) is 1. The first kappa shape index (κ1) is 37.2. The van der Waals surface area contributed by atoms with Crippen LogP contribution in [0.15, 0.2) is 109 Å². The highest BCUT2D eigenvalue weighted by Crippen LogP contribution is 2.35. The number of anilines is 1. The molecule has 0 fully saturated rings. The molecule has 0 saturated carbocycles. The van der Waals surface area contributed by atoms with Crippen LogP contribution in [0.1, 0.15) is 72.7 Å². The monoisotopic (exact) mass is 716 g/mol. The van der Waals surface area contributed by atoms with Crippen molar-refractivity contribution in [1.29, 1.82) is 5.41 Å². The zero-order valence-electron chi connectivity index (χ0n) is 29.4. The molecule has 5 aromatic rings. The maximum absolute atomic E-state index is 13.7. The predicted molar refractivity (Wildman–Crippen MR) is 203 cm³/mol. The van der Waals surface area contributed by atoms with Crippen molar-refractivity contribution >= 4 is 46.7 Å². The largest absolute Gasteiger partial charge is 0.457 e. The normalized spacial score (nSPS) is 10.9. The third-order valence-electron chi connectivity index (χ3n) is 7.72. The highest BCUT2D eigenvalue weighted by Gasteiger charge is 2.24. The minimum atomic E-state index is -0.756. The number of thiophene rings is 1. The first-order valence-corrected chi connectivity index (χ1v) is 17.4. The third kappa shape index (κ3) is 10.2. The molecule has 0 radical (unpaired) electrons. The lowest BCUT2D eigenvalue weighted by Crippen LogP contribution is -2.32. The van der Waals surface area contributed by atoms with Gasteiger partial charge in [-0.05, 0) is 71.5 Å². The van der Waals surface area contributed by atoms with Gasteiger partial charge < -0.3 is 20.1 Å². The Morgan fingerprint density at radius 1 is 0.712 bits per heavy atom. The Morgan fingerprint density at radius 3 is 1.92 bits per heavy atom. The lowest BCUT2D eigenvalue weighted by Gasteiger charge is -2.19. The lowest BCUT2D eigenvalue weighted by molar-refractivity contribution is 0.0473. The number of amidine groups is 1. The molecule has 0 bridgehead atoms. The summed E-state index contributed by atoms with van der Waals surface area (Å²) in [5.41, 5.74) is 3.78. The number of carbonyl (C=O) groups excluding carboxylic acids is 4. The Bertz CT molecular complexity index is 2070. The number of hydrogen-bond acceptors (Lipinski definition) is 8. The fourth-order valence-corrected chi connectivity index (χ4v) is 5.98. The van der Waals surface area contributed by atoms with Gasteiger partial charge in [-0.15, -0.1) is 11.3 Å². The molecular weight excluding hydrogens is 677 g/mol. The second-order valence-corrected chi connectivity index (χ2v) is 14.5. The van der Waals surface area contributed by atoms with Crippen molar-refractivity contribution in [1.82, 2.24) is 10.6 Å². The number of nitrogens with one attached hydrogen (secondary N) is 4. The fraction of sp³-hybridized carbons (Fsp3) is 0.195. The number of ether oxygens (including phenoxy) is 2. The molecule has 11 heteroatoms. The maximum atomic E-state index is 13.7. The van der Waals surface area contributed by atoms with E-state index in [9.17, 15) is 19.2 Å². The van der Waals surface area contributed by atoms with Gasteiger partial charge in [-0.2, -0.15) is 0 Å². The van der Waals surface area contributed by atoms with E-state index in [-0.39, 0.29) is 35.9 Å². The molecule has 4 aromatic carbocycles. The summed E-state index contributed by atoms with van der Waals surface area (Å²) in [4.78, 5) is 53.9. The first-order chi connectivity index (χ1) is 24.9. The molecule has 0 atom stereocenters. The number of esters is 1. The van der Waals surface area contributed by atoms with E-state index >= 15 is 0 Å². The molecule has 1 heterocycles. The van der Waals surface area contributed by atoms with Crippen molar-refractivity contribution in [2.45, 2.75) is 40.9 Å². The summed E-state index contributed by atoms with van der Waals surface area (Å²) in [6, 6.07) is 31.6. The molecule has 0 aliphatic carbocycles. The van der Waals surface area contributed by atoms with Crippen molar-refractivity contribution in [2.24, 2.45) is 5.41 Å². The minimum Gasteiger partial charge on any atom is -0.457 e. The molecule has 10 nitrogen and oxygen atoms in total. The Morgan fingerprint density at radius 2 is 1.31 bits per heavy atom. The number of benzene rings is 4. The fourth-order valence-electron chi connectivity index (χ4n) is 5.06. The van der Waals surface area contributed by atoms with E-state index in [1.54, 1.807) is 36.4 Å². The van der Waals surface area contributed by atoms with E-state index in [2.05, 4.69) is 16.0 Å². The number of aryl methyl sites for hydroxylation is 1. The topological polar surface area (TPSA) is 147 Å². The Kier molecular flexibility index (Phi) is 12.0. The Labute approximate surface area is 306 Å². The van der Waals surface area contributed by atoms with Crippen molar-refractivity contribution < 1.29 is 28.7 Å². The summed E-state index contributed by atoms with van der Waals surface area (Å²) < 4.78 is 10.9. The summed E-state index contributed by atoms with van der Waals surface area (Å²) in [5.74, 6) is -1.52. The van der Waals surface area contributed by atoms with Crippen molar-refractivity contribution in [3.63, 3.8) is 0 Å². The van der Waals surface area contributed by atoms with Crippen LogP contribution in [0.25, 0.3) is 11.1 Å². The smallest absolute Gasteiger partial charge is 0.413 e. The molecule has 1 aromatic heterocycles. The van der Waals surface area contributed by atoms with Crippen LogP contribution in [0, 0.1) is 17.7 Å². The number of rotatable bonds is 11. The van der Waals surface area contributed by atoms with Gasteiger partial charge in [-0.1, -0.05) is 87.5 Å². The van der Waals surface area contributed by atoms with Gasteiger partial charge in [0.2, 0.25) is 0 Å². The van der Waals surface area contributed by atoms with Crippen molar-refractivity contribution in [2.75, 3.05) is 11.9 Å². The summed E-state index contributed by atoms with van der Waals surface area (Å²) >= 11 is 1.27. The van der Waals surface area contributed by atoms with Crippen molar-refractivity contribution in [3.8, 4) is 11.1 Å². The van der Waals surface area contributed by atoms with Gasteiger partial charge in [0, 0.05) is 33.8 Å². The molecule has 3 amide bonds. The molecule has 0 aliphatic heterocycles. The molecule has 5 rings (SSSR count). The minimum absolute atomic E-state index is 0.0351. The Balaban J connectivity index is 1.33. The van der Waals surface area contributed by atoms with Crippen LogP contribution >= 0.6 is 11.3 Å². The molecule has 0 aliphatic rings. The predicted octanol–water partition coefficient (Wildman–Crippen LogP) is 8.36.